The van der Waals surface area contributed by atoms with Crippen LogP contribution < -0.4 is 5.32 Å². The lowest BCUT2D eigenvalue weighted by molar-refractivity contribution is -0.138. The topological polar surface area (TPSA) is 90.3 Å². The zero-order chi connectivity index (χ0) is 25.8. The lowest BCUT2D eigenvalue weighted by Crippen LogP contribution is -2.31. The lowest BCUT2D eigenvalue weighted by Gasteiger charge is -2.28. The SMILES string of the molecule is CCS(=O)(=O)c1ccc(Cl)cc1CNC(=O)c1cc(C#N)c(CN2CCCCC2)c(C(F)(F)F)c1. The van der Waals surface area contributed by atoms with Gasteiger partial charge in [0, 0.05) is 23.7 Å². The van der Waals surface area contributed by atoms with Crippen LogP contribution in [0, 0.1) is 11.3 Å². The minimum atomic E-state index is -4.76. The van der Waals surface area contributed by atoms with E-state index in [1.54, 1.807) is 0 Å². The molecule has 11 heteroatoms. The van der Waals surface area contributed by atoms with E-state index < -0.39 is 27.5 Å². The number of rotatable bonds is 7. The molecule has 1 amide bonds. The predicted octanol–water partition coefficient (Wildman–Crippen LogP) is 4.94. The number of nitrogens with zero attached hydrogens (tertiary/aromatic N) is 2. The van der Waals surface area contributed by atoms with Gasteiger partial charge in [0.05, 0.1) is 27.8 Å². The van der Waals surface area contributed by atoms with Crippen molar-refractivity contribution < 1.29 is 26.4 Å². The third-order valence-electron chi connectivity index (χ3n) is 5.95. The number of nitriles is 1. The summed E-state index contributed by atoms with van der Waals surface area (Å²) in [6.45, 7) is 2.47. The van der Waals surface area contributed by atoms with E-state index in [1.807, 2.05) is 11.0 Å². The van der Waals surface area contributed by atoms with Crippen LogP contribution in [0.15, 0.2) is 35.2 Å². The van der Waals surface area contributed by atoms with Gasteiger partial charge in [-0.05, 0) is 67.4 Å². The van der Waals surface area contributed by atoms with Gasteiger partial charge in [0.1, 0.15) is 0 Å². The molecule has 0 aliphatic carbocycles. The van der Waals surface area contributed by atoms with Crippen LogP contribution in [0.25, 0.3) is 0 Å². The summed E-state index contributed by atoms with van der Waals surface area (Å²) >= 11 is 5.98. The number of benzene rings is 2. The minimum Gasteiger partial charge on any atom is -0.348 e. The zero-order valence-corrected chi connectivity index (χ0v) is 20.7. The Balaban J connectivity index is 1.92. The molecule has 0 bridgehead atoms. The second kappa shape index (κ2) is 11.0. The van der Waals surface area contributed by atoms with Crippen LogP contribution in [-0.2, 0) is 29.1 Å². The van der Waals surface area contributed by atoms with Crippen molar-refractivity contribution in [2.45, 2.75) is 50.3 Å². The molecule has 1 aliphatic heterocycles. The fraction of sp³-hybridized carbons (Fsp3) is 0.417. The first-order valence-electron chi connectivity index (χ1n) is 11.1. The van der Waals surface area contributed by atoms with Crippen molar-refractivity contribution in [3.63, 3.8) is 0 Å². The van der Waals surface area contributed by atoms with Crippen molar-refractivity contribution in [3.05, 3.63) is 63.2 Å². The summed E-state index contributed by atoms with van der Waals surface area (Å²) in [4.78, 5) is 14.7. The van der Waals surface area contributed by atoms with Gasteiger partial charge >= 0.3 is 6.18 Å². The standard InChI is InChI=1S/C24H25ClF3N3O3S/c1-2-35(33,34)22-7-6-19(25)11-18(22)14-30-23(32)16-10-17(13-29)20(21(12-16)24(26,27)28)15-31-8-4-3-5-9-31/h6-7,10-12H,2-5,8-9,14-15H2,1H3,(H,30,32). The van der Waals surface area contributed by atoms with Crippen molar-refractivity contribution in [1.29, 1.82) is 5.26 Å². The van der Waals surface area contributed by atoms with E-state index in [2.05, 4.69) is 5.32 Å². The Hall–Kier alpha value is -2.61. The quantitative estimate of drug-likeness (QED) is 0.551. The Labute approximate surface area is 207 Å². The number of hydrogen-bond acceptors (Lipinski definition) is 5. The summed E-state index contributed by atoms with van der Waals surface area (Å²) in [5.41, 5.74) is -1.51. The van der Waals surface area contributed by atoms with Crippen LogP contribution in [0.4, 0.5) is 13.2 Å². The maximum atomic E-state index is 13.9. The molecule has 2 aromatic carbocycles. The van der Waals surface area contributed by atoms with Gasteiger partial charge in [-0.1, -0.05) is 24.9 Å². The molecular formula is C24H25ClF3N3O3S. The summed E-state index contributed by atoms with van der Waals surface area (Å²) in [6.07, 6.45) is -1.99. The maximum absolute atomic E-state index is 13.9. The van der Waals surface area contributed by atoms with Crippen LogP contribution in [0.3, 0.4) is 0 Å². The van der Waals surface area contributed by atoms with Crippen LogP contribution in [-0.4, -0.2) is 38.1 Å². The fourth-order valence-corrected chi connectivity index (χ4v) is 5.40. The lowest BCUT2D eigenvalue weighted by atomic mass is 9.96. The monoisotopic (exact) mass is 527 g/mol. The Morgan fingerprint density at radius 2 is 1.86 bits per heavy atom. The summed E-state index contributed by atoms with van der Waals surface area (Å²) in [7, 11) is -3.62. The van der Waals surface area contributed by atoms with E-state index in [1.165, 1.54) is 25.1 Å². The molecule has 1 N–H and O–H groups in total. The highest BCUT2D eigenvalue weighted by molar-refractivity contribution is 7.91. The number of amides is 1. The predicted molar refractivity (Wildman–Crippen MR) is 126 cm³/mol. The highest BCUT2D eigenvalue weighted by atomic mass is 35.5. The molecule has 0 atom stereocenters. The number of hydrogen-bond donors (Lipinski definition) is 1. The van der Waals surface area contributed by atoms with E-state index in [0.29, 0.717) is 13.1 Å². The van der Waals surface area contributed by atoms with Crippen LogP contribution in [0.5, 0.6) is 0 Å². The average Bonchev–Trinajstić information content (AvgIpc) is 2.82. The van der Waals surface area contributed by atoms with Crippen molar-refractivity contribution in [2.75, 3.05) is 18.8 Å². The van der Waals surface area contributed by atoms with Gasteiger partial charge in [-0.25, -0.2) is 8.42 Å². The van der Waals surface area contributed by atoms with Gasteiger partial charge in [-0.2, -0.15) is 18.4 Å². The first kappa shape index (κ1) is 27.0. The zero-order valence-electron chi connectivity index (χ0n) is 19.1. The highest BCUT2D eigenvalue weighted by Crippen LogP contribution is 2.35. The molecule has 0 aromatic heterocycles. The second-order valence-corrected chi connectivity index (χ2v) is 11.0. The smallest absolute Gasteiger partial charge is 0.348 e. The molecule has 1 fully saturated rings. The number of alkyl halides is 3. The first-order chi connectivity index (χ1) is 16.5. The molecule has 1 aliphatic rings. The van der Waals surface area contributed by atoms with Gasteiger partial charge in [0.15, 0.2) is 9.84 Å². The molecule has 0 radical (unpaired) electrons. The molecule has 35 heavy (non-hydrogen) atoms. The molecule has 3 rings (SSSR count). The number of nitrogens with one attached hydrogen (secondary N) is 1. The molecule has 0 unspecified atom stereocenters. The van der Waals surface area contributed by atoms with Gasteiger partial charge < -0.3 is 5.32 Å². The van der Waals surface area contributed by atoms with Gasteiger partial charge in [-0.15, -0.1) is 0 Å². The number of piperidine rings is 1. The summed E-state index contributed by atoms with van der Waals surface area (Å²) in [6, 6.07) is 7.82. The normalized spacial score (nSPS) is 15.0. The summed E-state index contributed by atoms with van der Waals surface area (Å²) in [5, 5.41) is 12.3. The Morgan fingerprint density at radius 3 is 2.46 bits per heavy atom. The largest absolute Gasteiger partial charge is 0.416 e. The van der Waals surface area contributed by atoms with E-state index in [4.69, 9.17) is 11.6 Å². The number of halogens is 4. The average molecular weight is 528 g/mol. The van der Waals surface area contributed by atoms with Crippen LogP contribution >= 0.6 is 11.6 Å². The number of carbonyl (C=O) groups is 1. The Kier molecular flexibility index (Phi) is 8.46. The van der Waals surface area contributed by atoms with Gasteiger partial charge in [0.2, 0.25) is 0 Å². The van der Waals surface area contributed by atoms with Crippen molar-refractivity contribution in [1.82, 2.24) is 10.2 Å². The first-order valence-corrected chi connectivity index (χ1v) is 13.1. The molecule has 1 heterocycles. The van der Waals surface area contributed by atoms with Crippen molar-refractivity contribution in [3.8, 4) is 6.07 Å². The molecule has 6 nitrogen and oxygen atoms in total. The fourth-order valence-electron chi connectivity index (χ4n) is 4.09. The van der Waals surface area contributed by atoms with Crippen molar-refractivity contribution >= 4 is 27.3 Å². The maximum Gasteiger partial charge on any atom is 0.416 e. The molecule has 0 spiro atoms. The van der Waals surface area contributed by atoms with E-state index in [-0.39, 0.29) is 51.0 Å². The van der Waals surface area contributed by atoms with Crippen LogP contribution in [0.2, 0.25) is 5.02 Å². The number of sulfone groups is 1. The second-order valence-electron chi connectivity index (χ2n) is 8.33. The van der Waals surface area contributed by atoms with E-state index in [9.17, 15) is 31.6 Å². The van der Waals surface area contributed by atoms with Gasteiger partial charge in [-0.3, -0.25) is 9.69 Å². The minimum absolute atomic E-state index is 0.0183. The molecular weight excluding hydrogens is 503 g/mol. The van der Waals surface area contributed by atoms with Crippen LogP contribution in [0.1, 0.15) is 58.8 Å². The highest BCUT2D eigenvalue weighted by Gasteiger charge is 2.36. The van der Waals surface area contributed by atoms with Gasteiger partial charge in [0.25, 0.3) is 5.91 Å². The summed E-state index contributed by atoms with van der Waals surface area (Å²) in [5.74, 6) is -1.04. The number of carbonyl (C=O) groups excluding carboxylic acids is 1. The third-order valence-corrected chi connectivity index (χ3v) is 8.01. The molecule has 0 saturated carbocycles. The molecule has 1 saturated heterocycles. The molecule has 2 aromatic rings. The summed E-state index contributed by atoms with van der Waals surface area (Å²) < 4.78 is 66.6. The molecule has 188 valence electrons. The van der Waals surface area contributed by atoms with E-state index >= 15 is 0 Å². The Morgan fingerprint density at radius 1 is 1.17 bits per heavy atom. The van der Waals surface area contributed by atoms with E-state index in [0.717, 1.165) is 31.4 Å². The van der Waals surface area contributed by atoms with Crippen molar-refractivity contribution in [2.24, 2.45) is 0 Å². The third kappa shape index (κ3) is 6.54. The Bertz CT molecular complexity index is 1250. The number of likely N-dealkylation sites (tertiary alicyclic amines) is 1.